The molecule has 19 heavy (non-hydrogen) atoms. The van der Waals surface area contributed by atoms with E-state index in [-0.39, 0.29) is 6.61 Å². The summed E-state index contributed by atoms with van der Waals surface area (Å²) in [6.07, 6.45) is 0. The van der Waals surface area contributed by atoms with Crippen LogP contribution in [0.5, 0.6) is 5.75 Å². The fourth-order valence-corrected chi connectivity index (χ4v) is 1.41. The van der Waals surface area contributed by atoms with Gasteiger partial charge in [0.05, 0.1) is 12.5 Å². The molecule has 1 aromatic carbocycles. The average molecular weight is 272 g/mol. The summed E-state index contributed by atoms with van der Waals surface area (Å²) in [5.41, 5.74) is 5.53. The van der Waals surface area contributed by atoms with E-state index in [2.05, 4.69) is 5.32 Å². The van der Waals surface area contributed by atoms with Gasteiger partial charge in [-0.25, -0.2) is 8.78 Å². The van der Waals surface area contributed by atoms with Gasteiger partial charge in [0.25, 0.3) is 0 Å². The molecule has 1 atom stereocenters. The molecule has 0 saturated heterocycles. The van der Waals surface area contributed by atoms with Crippen molar-refractivity contribution in [1.82, 2.24) is 5.32 Å². The summed E-state index contributed by atoms with van der Waals surface area (Å²) < 4.78 is 32.3. The van der Waals surface area contributed by atoms with Gasteiger partial charge >= 0.3 is 0 Å². The summed E-state index contributed by atoms with van der Waals surface area (Å²) in [5, 5.41) is 2.97. The molecule has 0 radical (unpaired) electrons. The van der Waals surface area contributed by atoms with Crippen molar-refractivity contribution in [2.45, 2.75) is 20.4 Å². The highest BCUT2D eigenvalue weighted by molar-refractivity contribution is 5.76. The van der Waals surface area contributed by atoms with Crippen LogP contribution in [0.25, 0.3) is 0 Å². The van der Waals surface area contributed by atoms with E-state index in [9.17, 15) is 13.6 Å². The topological polar surface area (TPSA) is 64.3 Å². The highest BCUT2D eigenvalue weighted by Gasteiger charge is 2.16. The minimum atomic E-state index is -0.787. The number of rotatable bonds is 7. The van der Waals surface area contributed by atoms with Crippen LogP contribution in [0.3, 0.4) is 0 Å². The van der Waals surface area contributed by atoms with Gasteiger partial charge < -0.3 is 15.8 Å². The van der Waals surface area contributed by atoms with Crippen molar-refractivity contribution in [1.29, 1.82) is 0 Å². The van der Waals surface area contributed by atoms with E-state index in [1.807, 2.05) is 6.92 Å². The van der Waals surface area contributed by atoms with Crippen LogP contribution in [0.4, 0.5) is 8.78 Å². The Kier molecular flexibility index (Phi) is 5.69. The third-order valence-corrected chi connectivity index (χ3v) is 2.60. The minimum Gasteiger partial charge on any atom is -0.487 e. The molecule has 1 aromatic rings. The Bertz CT molecular complexity index is 429. The average Bonchev–Trinajstić information content (AvgIpc) is 2.34. The molecule has 3 N–H and O–H groups in total. The van der Waals surface area contributed by atoms with Crippen molar-refractivity contribution >= 4 is 5.91 Å². The molecular formula is C13H18F2N2O2. The van der Waals surface area contributed by atoms with Gasteiger partial charge in [-0.1, -0.05) is 13.8 Å². The highest BCUT2D eigenvalue weighted by Crippen LogP contribution is 2.23. The molecule has 0 heterocycles. The van der Waals surface area contributed by atoms with Crippen molar-refractivity contribution in [3.63, 3.8) is 0 Å². The van der Waals surface area contributed by atoms with Crippen molar-refractivity contribution in [2.75, 3.05) is 13.2 Å². The number of nitrogens with one attached hydrogen (secondary N) is 1. The molecule has 0 aliphatic rings. The van der Waals surface area contributed by atoms with E-state index in [0.717, 1.165) is 0 Å². The summed E-state index contributed by atoms with van der Waals surface area (Å²) in [5.74, 6) is -3.24. The van der Waals surface area contributed by atoms with Crippen LogP contribution < -0.4 is 15.8 Å². The van der Waals surface area contributed by atoms with Crippen LogP contribution in [-0.2, 0) is 11.3 Å². The molecule has 0 aliphatic carbocycles. The maximum atomic E-state index is 13.7. The van der Waals surface area contributed by atoms with Gasteiger partial charge in [0.2, 0.25) is 5.91 Å². The lowest BCUT2D eigenvalue weighted by molar-refractivity contribution is -0.122. The smallest absolute Gasteiger partial charge is 0.223 e. The second kappa shape index (κ2) is 7.04. The number of carbonyl (C=O) groups excluding carboxylic acids is 1. The summed E-state index contributed by atoms with van der Waals surface area (Å²) in [6, 6.07) is 2.41. The lowest BCUT2D eigenvalue weighted by atomic mass is 10.2. The van der Waals surface area contributed by atoms with Crippen molar-refractivity contribution in [2.24, 2.45) is 11.7 Å². The fourth-order valence-electron chi connectivity index (χ4n) is 1.41. The van der Waals surface area contributed by atoms with Crippen LogP contribution >= 0.6 is 0 Å². The maximum Gasteiger partial charge on any atom is 0.223 e. The highest BCUT2D eigenvalue weighted by atomic mass is 19.1. The Hall–Kier alpha value is -1.69. The second-order valence-corrected chi connectivity index (χ2v) is 4.28. The number of hydrogen-bond acceptors (Lipinski definition) is 3. The number of halogens is 2. The summed E-state index contributed by atoms with van der Waals surface area (Å²) in [7, 11) is 0. The number of hydrogen-bond donors (Lipinski definition) is 2. The van der Waals surface area contributed by atoms with Crippen molar-refractivity contribution in [3.8, 4) is 5.75 Å². The normalized spacial score (nSPS) is 12.2. The van der Waals surface area contributed by atoms with Crippen molar-refractivity contribution in [3.05, 3.63) is 29.3 Å². The third-order valence-electron chi connectivity index (χ3n) is 2.60. The van der Waals surface area contributed by atoms with E-state index in [0.29, 0.717) is 18.7 Å². The Balaban J connectivity index is 2.76. The van der Waals surface area contributed by atoms with Gasteiger partial charge in [-0.15, -0.1) is 0 Å². The predicted octanol–water partition coefficient (Wildman–Crippen LogP) is 1.57. The molecule has 1 unspecified atom stereocenters. The summed E-state index contributed by atoms with van der Waals surface area (Å²) in [6.45, 7) is 4.35. The number of nitrogens with two attached hydrogens (primary N) is 1. The molecule has 1 rings (SSSR count). The second-order valence-electron chi connectivity index (χ2n) is 4.28. The SMILES string of the molecule is CCNCc1cc(F)c(OCC(C)C(N)=O)c(F)c1. The molecule has 106 valence electrons. The quantitative estimate of drug-likeness (QED) is 0.792. The van der Waals surface area contributed by atoms with E-state index in [1.54, 1.807) is 0 Å². The van der Waals surface area contributed by atoms with Crippen LogP contribution in [0.2, 0.25) is 0 Å². The first-order valence-corrected chi connectivity index (χ1v) is 6.06. The largest absolute Gasteiger partial charge is 0.487 e. The standard InChI is InChI=1S/C13H18F2N2O2/c1-3-17-6-9-4-10(14)12(11(15)5-9)19-7-8(2)13(16)18/h4-5,8,17H,3,6-7H2,1-2H3,(H2,16,18). The first-order chi connectivity index (χ1) is 8.95. The van der Waals surface area contributed by atoms with Gasteiger partial charge in [-0.05, 0) is 24.2 Å². The van der Waals surface area contributed by atoms with E-state index in [4.69, 9.17) is 10.5 Å². The predicted molar refractivity (Wildman–Crippen MR) is 67.6 cm³/mol. The van der Waals surface area contributed by atoms with Crippen LogP contribution in [0.1, 0.15) is 19.4 Å². The lowest BCUT2D eigenvalue weighted by Crippen LogP contribution is -2.26. The maximum absolute atomic E-state index is 13.7. The summed E-state index contributed by atoms with van der Waals surface area (Å²) >= 11 is 0. The number of ether oxygens (including phenoxy) is 1. The molecule has 0 aliphatic heterocycles. The minimum absolute atomic E-state index is 0.157. The van der Waals surface area contributed by atoms with Gasteiger partial charge in [0, 0.05) is 6.54 Å². The molecular weight excluding hydrogens is 254 g/mol. The Morgan fingerprint density at radius 1 is 1.42 bits per heavy atom. The van der Waals surface area contributed by atoms with Gasteiger partial charge in [-0.3, -0.25) is 4.79 Å². The zero-order valence-electron chi connectivity index (χ0n) is 11.0. The van der Waals surface area contributed by atoms with Gasteiger partial charge in [-0.2, -0.15) is 0 Å². The molecule has 0 aromatic heterocycles. The lowest BCUT2D eigenvalue weighted by Gasteiger charge is -2.12. The molecule has 1 amide bonds. The number of primary amides is 1. The molecule has 0 saturated carbocycles. The Morgan fingerprint density at radius 3 is 2.47 bits per heavy atom. The van der Waals surface area contributed by atoms with Gasteiger partial charge in [0.15, 0.2) is 17.4 Å². The number of amides is 1. The zero-order chi connectivity index (χ0) is 14.4. The number of benzene rings is 1. The zero-order valence-corrected chi connectivity index (χ0v) is 11.0. The number of carbonyl (C=O) groups is 1. The van der Waals surface area contributed by atoms with Crippen molar-refractivity contribution < 1.29 is 18.3 Å². The van der Waals surface area contributed by atoms with E-state index >= 15 is 0 Å². The van der Waals surface area contributed by atoms with Crippen LogP contribution in [0.15, 0.2) is 12.1 Å². The molecule has 0 spiro atoms. The van der Waals surface area contributed by atoms with E-state index < -0.39 is 29.2 Å². The first kappa shape index (κ1) is 15.4. The molecule has 4 nitrogen and oxygen atoms in total. The monoisotopic (exact) mass is 272 g/mol. The van der Waals surface area contributed by atoms with Gasteiger partial charge in [0.1, 0.15) is 0 Å². The summed E-state index contributed by atoms with van der Waals surface area (Å²) in [4.78, 5) is 10.8. The third kappa shape index (κ3) is 4.48. The van der Waals surface area contributed by atoms with E-state index in [1.165, 1.54) is 19.1 Å². The first-order valence-electron chi connectivity index (χ1n) is 6.06. The van der Waals surface area contributed by atoms with Crippen LogP contribution in [-0.4, -0.2) is 19.1 Å². The fraction of sp³-hybridized carbons (Fsp3) is 0.462. The van der Waals surface area contributed by atoms with Crippen LogP contribution in [0, 0.1) is 17.6 Å². The Morgan fingerprint density at radius 2 is 2.00 bits per heavy atom. The Labute approximate surface area is 110 Å². The molecule has 0 fully saturated rings. The molecule has 6 heteroatoms. The molecule has 0 bridgehead atoms.